The minimum atomic E-state index is -0.818. The van der Waals surface area contributed by atoms with Crippen LogP contribution in [0.4, 0.5) is 14.6 Å². The molecule has 1 aromatic rings. The van der Waals surface area contributed by atoms with Crippen LogP contribution in [0.3, 0.4) is 0 Å². The summed E-state index contributed by atoms with van der Waals surface area (Å²) in [6.07, 6.45) is 0.881. The Morgan fingerprint density at radius 2 is 2.20 bits per heavy atom. The molecule has 15 heavy (non-hydrogen) atoms. The maximum atomic E-state index is 13.0. The third kappa shape index (κ3) is 3.16. The van der Waals surface area contributed by atoms with Crippen LogP contribution >= 0.6 is 0 Å². The number of hydrogen-bond acceptors (Lipinski definition) is 3. The Kier molecular flexibility index (Phi) is 3.54. The molecule has 4 nitrogen and oxygen atoms in total. The summed E-state index contributed by atoms with van der Waals surface area (Å²) < 4.78 is 25.5. The average Bonchev–Trinajstić information content (AvgIpc) is 2.15. The number of halogens is 2. The van der Waals surface area contributed by atoms with Crippen molar-refractivity contribution in [3.05, 3.63) is 23.9 Å². The van der Waals surface area contributed by atoms with Crippen molar-refractivity contribution in [3.63, 3.8) is 0 Å². The van der Waals surface area contributed by atoms with Crippen molar-refractivity contribution in [2.45, 2.75) is 0 Å². The van der Waals surface area contributed by atoms with E-state index in [0.29, 0.717) is 6.07 Å². The largest absolute Gasteiger partial charge is 0.359 e. The summed E-state index contributed by atoms with van der Waals surface area (Å²) in [6, 6.07) is 0.704. The van der Waals surface area contributed by atoms with Crippen molar-refractivity contribution in [2.24, 2.45) is 0 Å². The first kappa shape index (κ1) is 11.4. The summed E-state index contributed by atoms with van der Waals surface area (Å²) in [5.74, 6) is -1.93. The topological polar surface area (TPSA) is 45.2 Å². The zero-order chi connectivity index (χ0) is 11.4. The van der Waals surface area contributed by atoms with Gasteiger partial charge in [-0.15, -0.1) is 0 Å². The van der Waals surface area contributed by atoms with E-state index in [4.69, 9.17) is 0 Å². The Hall–Kier alpha value is -1.72. The number of likely N-dealkylation sites (N-methyl/N-ethyl adjacent to an activating group) is 1. The van der Waals surface area contributed by atoms with E-state index in [1.54, 1.807) is 14.1 Å². The maximum absolute atomic E-state index is 13.0. The Labute approximate surface area is 85.9 Å². The fraction of sp³-hybridized carbons (Fsp3) is 0.333. The van der Waals surface area contributed by atoms with Crippen molar-refractivity contribution in [3.8, 4) is 0 Å². The van der Waals surface area contributed by atoms with Gasteiger partial charge in [0.1, 0.15) is 5.82 Å². The summed E-state index contributed by atoms with van der Waals surface area (Å²) in [4.78, 5) is 16.0. The lowest BCUT2D eigenvalue weighted by molar-refractivity contribution is -0.126. The molecule has 0 unspecified atom stereocenters. The van der Waals surface area contributed by atoms with Crippen LogP contribution in [-0.2, 0) is 4.79 Å². The number of carbonyl (C=O) groups excluding carboxylic acids is 1. The van der Waals surface area contributed by atoms with Crippen molar-refractivity contribution < 1.29 is 13.6 Å². The lowest BCUT2D eigenvalue weighted by Crippen LogP contribution is -2.29. The fourth-order valence-corrected chi connectivity index (χ4v) is 0.862. The molecule has 0 aliphatic carbocycles. The molecule has 1 N–H and O–H groups in total. The summed E-state index contributed by atoms with van der Waals surface area (Å²) in [5.41, 5.74) is 0. The molecule has 1 rings (SSSR count). The summed E-state index contributed by atoms with van der Waals surface area (Å²) in [6.45, 7) is -0.0808. The molecular weight excluding hydrogens is 204 g/mol. The Bertz CT molecular complexity index is 368. The molecule has 0 aromatic carbocycles. The highest BCUT2D eigenvalue weighted by Gasteiger charge is 2.08. The van der Waals surface area contributed by atoms with Crippen molar-refractivity contribution in [2.75, 3.05) is 26.0 Å². The van der Waals surface area contributed by atoms with Gasteiger partial charge in [0.2, 0.25) is 5.91 Å². The van der Waals surface area contributed by atoms with Crippen molar-refractivity contribution in [1.29, 1.82) is 0 Å². The van der Waals surface area contributed by atoms with E-state index < -0.39 is 11.6 Å². The van der Waals surface area contributed by atoms with Crippen LogP contribution < -0.4 is 5.32 Å². The van der Waals surface area contributed by atoms with E-state index in [2.05, 4.69) is 10.3 Å². The second-order valence-corrected chi connectivity index (χ2v) is 3.13. The summed E-state index contributed by atoms with van der Waals surface area (Å²) in [5, 5.41) is 2.48. The summed E-state index contributed by atoms with van der Waals surface area (Å²) in [7, 11) is 3.16. The lowest BCUT2D eigenvalue weighted by atomic mass is 10.4. The second kappa shape index (κ2) is 4.68. The minimum absolute atomic E-state index is 0.0808. The number of aromatic nitrogens is 1. The van der Waals surface area contributed by atoms with Crippen molar-refractivity contribution >= 4 is 11.7 Å². The first-order valence-electron chi connectivity index (χ1n) is 4.26. The fourth-order valence-electron chi connectivity index (χ4n) is 0.862. The third-order valence-electron chi connectivity index (χ3n) is 1.71. The SMILES string of the molecule is CN(C)C(=O)CNc1ncc(F)cc1F. The van der Waals surface area contributed by atoms with Crippen LogP contribution in [0.1, 0.15) is 0 Å². The van der Waals surface area contributed by atoms with Gasteiger partial charge in [-0.05, 0) is 0 Å². The molecule has 1 aromatic heterocycles. The van der Waals surface area contributed by atoms with E-state index in [1.807, 2.05) is 0 Å². The van der Waals surface area contributed by atoms with E-state index in [9.17, 15) is 13.6 Å². The molecule has 1 amide bonds. The van der Waals surface area contributed by atoms with Crippen LogP contribution in [-0.4, -0.2) is 36.4 Å². The molecule has 0 aliphatic heterocycles. The van der Waals surface area contributed by atoms with E-state index in [0.717, 1.165) is 6.20 Å². The third-order valence-corrected chi connectivity index (χ3v) is 1.71. The molecule has 0 fully saturated rings. The quantitative estimate of drug-likeness (QED) is 0.813. The molecule has 0 atom stereocenters. The number of anilines is 1. The monoisotopic (exact) mass is 215 g/mol. The van der Waals surface area contributed by atoms with Gasteiger partial charge in [0.05, 0.1) is 12.7 Å². The zero-order valence-corrected chi connectivity index (χ0v) is 8.42. The molecule has 0 radical (unpaired) electrons. The van der Waals surface area contributed by atoms with Crippen LogP contribution in [0.5, 0.6) is 0 Å². The molecule has 0 aliphatic rings. The number of nitrogens with zero attached hydrogens (tertiary/aromatic N) is 2. The molecular formula is C9H11F2N3O. The van der Waals surface area contributed by atoms with E-state index >= 15 is 0 Å². The van der Waals surface area contributed by atoms with Gasteiger partial charge in [-0.3, -0.25) is 4.79 Å². The first-order chi connectivity index (χ1) is 7.00. The standard InChI is InChI=1S/C9H11F2N3O/c1-14(2)8(15)5-13-9-7(11)3-6(10)4-12-9/h3-4H,5H2,1-2H3,(H,12,13). The highest BCUT2D eigenvalue weighted by atomic mass is 19.1. The number of pyridine rings is 1. The molecule has 6 heteroatoms. The van der Waals surface area contributed by atoms with Gasteiger partial charge in [0, 0.05) is 20.2 Å². The first-order valence-corrected chi connectivity index (χ1v) is 4.26. The lowest BCUT2D eigenvalue weighted by Gasteiger charge is -2.11. The predicted molar refractivity (Wildman–Crippen MR) is 51.3 cm³/mol. The molecule has 0 saturated carbocycles. The van der Waals surface area contributed by atoms with Crippen LogP contribution in [0.15, 0.2) is 12.3 Å². The van der Waals surface area contributed by atoms with Gasteiger partial charge in [-0.25, -0.2) is 13.8 Å². The predicted octanol–water partition coefficient (Wildman–Crippen LogP) is 0.860. The molecule has 0 spiro atoms. The second-order valence-electron chi connectivity index (χ2n) is 3.13. The number of amides is 1. The van der Waals surface area contributed by atoms with Gasteiger partial charge < -0.3 is 10.2 Å². The normalized spacial score (nSPS) is 9.87. The molecule has 0 saturated heterocycles. The Balaban J connectivity index is 2.62. The van der Waals surface area contributed by atoms with Crippen molar-refractivity contribution in [1.82, 2.24) is 9.88 Å². The highest BCUT2D eigenvalue weighted by Crippen LogP contribution is 2.10. The smallest absolute Gasteiger partial charge is 0.241 e. The van der Waals surface area contributed by atoms with Crippen LogP contribution in [0.2, 0.25) is 0 Å². The minimum Gasteiger partial charge on any atom is -0.359 e. The Morgan fingerprint density at radius 1 is 1.53 bits per heavy atom. The maximum Gasteiger partial charge on any atom is 0.241 e. The van der Waals surface area contributed by atoms with Crippen LogP contribution in [0.25, 0.3) is 0 Å². The zero-order valence-electron chi connectivity index (χ0n) is 8.42. The van der Waals surface area contributed by atoms with Gasteiger partial charge in [-0.1, -0.05) is 0 Å². The highest BCUT2D eigenvalue weighted by molar-refractivity contribution is 5.80. The summed E-state index contributed by atoms with van der Waals surface area (Å²) >= 11 is 0. The van der Waals surface area contributed by atoms with E-state index in [1.165, 1.54) is 4.90 Å². The molecule has 1 heterocycles. The van der Waals surface area contributed by atoms with E-state index in [-0.39, 0.29) is 18.3 Å². The van der Waals surface area contributed by atoms with Gasteiger partial charge in [-0.2, -0.15) is 0 Å². The van der Waals surface area contributed by atoms with Crippen LogP contribution in [0, 0.1) is 11.6 Å². The number of nitrogens with one attached hydrogen (secondary N) is 1. The average molecular weight is 215 g/mol. The van der Waals surface area contributed by atoms with Gasteiger partial charge >= 0.3 is 0 Å². The molecule has 82 valence electrons. The molecule has 0 bridgehead atoms. The van der Waals surface area contributed by atoms with Gasteiger partial charge in [0.15, 0.2) is 11.6 Å². The number of rotatable bonds is 3. The Morgan fingerprint density at radius 3 is 2.73 bits per heavy atom. The number of carbonyl (C=O) groups is 1. The number of hydrogen-bond donors (Lipinski definition) is 1. The van der Waals surface area contributed by atoms with Gasteiger partial charge in [0.25, 0.3) is 0 Å².